The van der Waals surface area contributed by atoms with Gasteiger partial charge in [0.1, 0.15) is 38.5 Å². The maximum atomic E-state index is 11.6. The topological polar surface area (TPSA) is 139 Å². The SMILES string of the molecule is [2H]N1CCC[C@H]1C(=O)OC[C@H](O)[C@@H](O)[C@H](O)[C@H](O)CO. The molecule has 1 fully saturated rings. The van der Waals surface area contributed by atoms with E-state index in [1.165, 1.54) is 0 Å². The van der Waals surface area contributed by atoms with E-state index in [0.29, 0.717) is 19.4 Å². The minimum absolute atomic E-state index is 0.465. The van der Waals surface area contributed by atoms with Gasteiger partial charge in [-0.05, 0) is 19.4 Å². The zero-order valence-electron chi connectivity index (χ0n) is 11.4. The molecule has 1 saturated heterocycles. The smallest absolute Gasteiger partial charge is 0.323 e. The molecule has 0 aromatic heterocycles. The Labute approximate surface area is 112 Å². The van der Waals surface area contributed by atoms with Crippen LogP contribution in [0.5, 0.6) is 0 Å². The van der Waals surface area contributed by atoms with Gasteiger partial charge in [-0.1, -0.05) is 0 Å². The lowest BCUT2D eigenvalue weighted by atomic mass is 10.0. The third-order valence-corrected chi connectivity index (χ3v) is 2.98. The summed E-state index contributed by atoms with van der Waals surface area (Å²) in [4.78, 5) is 11.6. The second kappa shape index (κ2) is 7.73. The van der Waals surface area contributed by atoms with Crippen molar-refractivity contribution in [3.63, 3.8) is 0 Å². The highest BCUT2D eigenvalue weighted by atomic mass is 16.5. The van der Waals surface area contributed by atoms with Gasteiger partial charge in [0.2, 0.25) is 0 Å². The summed E-state index contributed by atoms with van der Waals surface area (Å²) in [5, 5.41) is 47.3. The number of aliphatic hydroxyl groups excluding tert-OH is 5. The molecule has 112 valence electrons. The fraction of sp³-hybridized carbons (Fsp3) is 0.909. The average molecular weight is 280 g/mol. The molecule has 0 aromatic rings. The molecule has 0 amide bonds. The predicted octanol–water partition coefficient (Wildman–Crippen LogP) is -3.28. The van der Waals surface area contributed by atoms with Gasteiger partial charge in [0, 0.05) is 0 Å². The van der Waals surface area contributed by atoms with Gasteiger partial charge < -0.3 is 35.6 Å². The standard InChI is InChI=1S/C11H21NO7/c13-4-7(14)9(16)10(17)8(15)5-19-11(18)6-2-1-3-12-6/h6-10,12-17H,1-5H2/t6-,7+,8-,9+,10+/m0/s1/i/hD. The average Bonchev–Trinajstić information content (AvgIpc) is 2.87. The van der Waals surface area contributed by atoms with E-state index in [0.717, 1.165) is 5.31 Å². The van der Waals surface area contributed by atoms with Crippen LogP contribution in [0.15, 0.2) is 0 Å². The van der Waals surface area contributed by atoms with Gasteiger partial charge in [-0.15, -0.1) is 0 Å². The lowest BCUT2D eigenvalue weighted by molar-refractivity contribution is -0.157. The maximum Gasteiger partial charge on any atom is 0.323 e. The number of nitrogens with one attached hydrogen (secondary N) is 1. The van der Waals surface area contributed by atoms with Crippen LogP contribution in [0.4, 0.5) is 0 Å². The minimum Gasteiger partial charge on any atom is -0.462 e. The number of hydrogen-bond acceptors (Lipinski definition) is 8. The lowest BCUT2D eigenvalue weighted by Gasteiger charge is -2.25. The van der Waals surface area contributed by atoms with Crippen LogP contribution < -0.4 is 5.31 Å². The molecule has 1 aliphatic heterocycles. The first-order valence-electron chi connectivity index (χ1n) is 6.58. The molecule has 0 spiro atoms. The van der Waals surface area contributed by atoms with Crippen LogP contribution in [0.1, 0.15) is 12.8 Å². The van der Waals surface area contributed by atoms with Crippen molar-refractivity contribution < 1.29 is 36.5 Å². The molecule has 0 saturated carbocycles. The van der Waals surface area contributed by atoms with Gasteiger partial charge in [0.05, 0.1) is 6.61 Å². The van der Waals surface area contributed by atoms with Gasteiger partial charge in [-0.3, -0.25) is 4.79 Å². The van der Waals surface area contributed by atoms with Crippen molar-refractivity contribution in [2.24, 2.45) is 0 Å². The summed E-state index contributed by atoms with van der Waals surface area (Å²) in [6, 6.07) is -0.688. The fourth-order valence-corrected chi connectivity index (χ4v) is 1.74. The highest BCUT2D eigenvalue weighted by Gasteiger charge is 2.31. The van der Waals surface area contributed by atoms with Crippen molar-refractivity contribution in [1.29, 1.82) is 0 Å². The Balaban J connectivity index is 2.38. The van der Waals surface area contributed by atoms with E-state index in [9.17, 15) is 20.1 Å². The van der Waals surface area contributed by atoms with E-state index in [-0.39, 0.29) is 0 Å². The third kappa shape index (κ3) is 4.68. The van der Waals surface area contributed by atoms with Crippen molar-refractivity contribution in [3.8, 4) is 0 Å². The number of hydrogen-bond donors (Lipinski definition) is 6. The summed E-state index contributed by atoms with van der Waals surface area (Å²) in [6.07, 6.45) is -5.53. The van der Waals surface area contributed by atoms with E-state index in [4.69, 9.17) is 16.4 Å². The van der Waals surface area contributed by atoms with Crippen molar-refractivity contribution in [1.82, 2.24) is 5.31 Å². The first kappa shape index (κ1) is 14.6. The molecule has 0 aromatic carbocycles. The highest BCUT2D eigenvalue weighted by Crippen LogP contribution is 2.09. The van der Waals surface area contributed by atoms with Crippen LogP contribution in [0, 0.1) is 0 Å². The zero-order chi connectivity index (χ0) is 15.3. The van der Waals surface area contributed by atoms with E-state index >= 15 is 0 Å². The van der Waals surface area contributed by atoms with Crippen molar-refractivity contribution in [3.05, 3.63) is 0 Å². The molecule has 1 aliphatic rings. The van der Waals surface area contributed by atoms with Crippen LogP contribution in [-0.2, 0) is 9.53 Å². The molecule has 8 heteroatoms. The number of esters is 1. The summed E-state index contributed by atoms with van der Waals surface area (Å²) >= 11 is 0. The summed E-state index contributed by atoms with van der Waals surface area (Å²) in [7, 11) is 0. The molecule has 8 nitrogen and oxygen atoms in total. The molecule has 6 N–H and O–H groups in total. The molecule has 0 bridgehead atoms. The molecule has 0 aliphatic carbocycles. The molecule has 19 heavy (non-hydrogen) atoms. The zero-order valence-corrected chi connectivity index (χ0v) is 10.4. The number of carbonyl (C=O) groups excluding carboxylic acids is 1. The van der Waals surface area contributed by atoms with E-state index in [1.54, 1.807) is 0 Å². The number of carbonyl (C=O) groups is 1. The molecule has 1 heterocycles. The van der Waals surface area contributed by atoms with Gasteiger partial charge in [0.25, 0.3) is 0 Å². The predicted molar refractivity (Wildman–Crippen MR) is 63.1 cm³/mol. The number of aliphatic hydroxyl groups is 5. The summed E-state index contributed by atoms with van der Waals surface area (Å²) in [5.41, 5.74) is 0. The summed E-state index contributed by atoms with van der Waals surface area (Å²) in [6.45, 7) is -0.882. The summed E-state index contributed by atoms with van der Waals surface area (Å²) in [5.74, 6) is -0.680. The highest BCUT2D eigenvalue weighted by molar-refractivity contribution is 5.76. The number of rotatable bonds is 7. The van der Waals surface area contributed by atoms with Gasteiger partial charge in [-0.25, -0.2) is 0 Å². The Morgan fingerprint density at radius 1 is 1.32 bits per heavy atom. The van der Waals surface area contributed by atoms with Gasteiger partial charge in [0.15, 0.2) is 0 Å². The Bertz CT molecular complexity index is 319. The molecule has 0 radical (unpaired) electrons. The van der Waals surface area contributed by atoms with Crippen LogP contribution >= 0.6 is 0 Å². The lowest BCUT2D eigenvalue weighted by Crippen LogP contribution is -2.48. The number of ether oxygens (including phenoxy) is 1. The van der Waals surface area contributed by atoms with Crippen LogP contribution in [-0.4, -0.2) is 81.7 Å². The molecular formula is C11H21NO7. The Morgan fingerprint density at radius 3 is 2.47 bits per heavy atom. The largest absolute Gasteiger partial charge is 0.462 e. The van der Waals surface area contributed by atoms with Gasteiger partial charge >= 0.3 is 5.97 Å². The van der Waals surface area contributed by atoms with E-state index in [1.807, 2.05) is 0 Å². The normalized spacial score (nSPS) is 27.4. The minimum atomic E-state index is -1.76. The van der Waals surface area contributed by atoms with Crippen molar-refractivity contribution in [2.45, 2.75) is 43.3 Å². The molecule has 1 rings (SSSR count). The first-order chi connectivity index (χ1) is 9.38. The maximum absolute atomic E-state index is 11.6. The van der Waals surface area contributed by atoms with Crippen LogP contribution in [0.2, 0.25) is 1.41 Å². The van der Waals surface area contributed by atoms with E-state index < -0.39 is 49.6 Å². The summed E-state index contributed by atoms with van der Waals surface area (Å²) < 4.78 is 12.2. The molecular weight excluding hydrogens is 258 g/mol. The van der Waals surface area contributed by atoms with Crippen LogP contribution in [0.3, 0.4) is 0 Å². The Morgan fingerprint density at radius 2 is 1.95 bits per heavy atom. The second-order valence-corrected chi connectivity index (χ2v) is 4.49. The third-order valence-electron chi connectivity index (χ3n) is 2.98. The van der Waals surface area contributed by atoms with E-state index in [2.05, 4.69) is 0 Å². The quantitative estimate of drug-likeness (QED) is 0.267. The monoisotopic (exact) mass is 280 g/mol. The van der Waals surface area contributed by atoms with Crippen molar-refractivity contribution >= 4 is 5.97 Å². The van der Waals surface area contributed by atoms with Gasteiger partial charge in [-0.2, -0.15) is 0 Å². The Hall–Kier alpha value is -0.770. The van der Waals surface area contributed by atoms with Crippen molar-refractivity contribution in [2.75, 3.05) is 19.8 Å². The first-order valence-corrected chi connectivity index (χ1v) is 6.13. The Kier molecular flexibility index (Phi) is 5.95. The second-order valence-electron chi connectivity index (χ2n) is 4.49. The molecule has 0 unspecified atom stereocenters. The molecule has 5 atom stereocenters. The fourth-order valence-electron chi connectivity index (χ4n) is 1.74. The van der Waals surface area contributed by atoms with Crippen LogP contribution in [0.25, 0.3) is 0 Å².